The molecule has 1 aliphatic heterocycles. The largest absolute Gasteiger partial charge is 0.324 e. The lowest BCUT2D eigenvalue weighted by molar-refractivity contribution is -0.122. The van der Waals surface area contributed by atoms with Gasteiger partial charge in [-0.2, -0.15) is 0 Å². The van der Waals surface area contributed by atoms with E-state index in [4.69, 9.17) is 23.2 Å². The van der Waals surface area contributed by atoms with E-state index in [1.807, 2.05) is 24.3 Å². The lowest BCUT2D eigenvalue weighted by Gasteiger charge is -2.17. The van der Waals surface area contributed by atoms with Gasteiger partial charge in [0, 0.05) is 28.1 Å². The van der Waals surface area contributed by atoms with Crippen LogP contribution in [0.25, 0.3) is 0 Å². The molecule has 1 fully saturated rings. The fourth-order valence-corrected chi connectivity index (χ4v) is 3.18. The van der Waals surface area contributed by atoms with Crippen LogP contribution in [0.1, 0.15) is 6.42 Å². The molecule has 1 heterocycles. The van der Waals surface area contributed by atoms with Gasteiger partial charge in [0.25, 0.3) is 0 Å². The molecule has 2 aromatic carbocycles. The summed E-state index contributed by atoms with van der Waals surface area (Å²) in [4.78, 5) is 26.3. The van der Waals surface area contributed by atoms with Crippen molar-refractivity contribution in [3.8, 4) is 0 Å². The molecule has 7 heteroatoms. The van der Waals surface area contributed by atoms with E-state index < -0.39 is 5.92 Å². The van der Waals surface area contributed by atoms with Crippen LogP contribution in [-0.2, 0) is 9.59 Å². The summed E-state index contributed by atoms with van der Waals surface area (Å²) in [6.45, 7) is 0.338. The Balaban J connectivity index is 1.72. The fraction of sp³-hybridized carbons (Fsp3) is 0.176. The summed E-state index contributed by atoms with van der Waals surface area (Å²) in [6.07, 6.45) is 0.167. The molecular formula is C17H13BrCl2N2O2. The molecule has 2 aromatic rings. The van der Waals surface area contributed by atoms with Gasteiger partial charge in [0.1, 0.15) is 0 Å². The topological polar surface area (TPSA) is 49.4 Å². The third-order valence-corrected chi connectivity index (χ3v) is 4.91. The van der Waals surface area contributed by atoms with E-state index in [2.05, 4.69) is 21.2 Å². The Bertz CT molecular complexity index is 796. The molecule has 0 aromatic heterocycles. The summed E-state index contributed by atoms with van der Waals surface area (Å²) in [5.41, 5.74) is 1.22. The number of carbonyl (C=O) groups excluding carboxylic acids is 2. The zero-order valence-electron chi connectivity index (χ0n) is 12.4. The van der Waals surface area contributed by atoms with Gasteiger partial charge < -0.3 is 10.2 Å². The highest BCUT2D eigenvalue weighted by atomic mass is 79.9. The summed E-state index contributed by atoms with van der Waals surface area (Å²) >= 11 is 15.3. The van der Waals surface area contributed by atoms with E-state index in [9.17, 15) is 9.59 Å². The predicted octanol–water partition coefficient (Wildman–Crippen LogP) is 4.75. The molecule has 24 heavy (non-hydrogen) atoms. The first-order chi connectivity index (χ1) is 11.4. The molecule has 0 aliphatic carbocycles. The number of anilines is 2. The van der Waals surface area contributed by atoms with Gasteiger partial charge in [0.15, 0.2) is 0 Å². The number of carbonyl (C=O) groups is 2. The lowest BCUT2D eigenvalue weighted by atomic mass is 10.1. The van der Waals surface area contributed by atoms with Crippen LogP contribution in [0, 0.1) is 5.92 Å². The molecule has 1 aliphatic rings. The summed E-state index contributed by atoms with van der Waals surface area (Å²) in [6, 6.07) is 12.3. The van der Waals surface area contributed by atoms with E-state index in [-0.39, 0.29) is 18.2 Å². The van der Waals surface area contributed by atoms with E-state index in [1.165, 1.54) is 0 Å². The predicted molar refractivity (Wildman–Crippen MR) is 99.7 cm³/mol. The SMILES string of the molecule is O=C(Nc1cc(Cl)ccc1Cl)[C@@H]1CC(=O)N(c2ccc(Br)cc2)C1. The first kappa shape index (κ1) is 17.3. The van der Waals surface area contributed by atoms with Gasteiger partial charge in [0.2, 0.25) is 11.8 Å². The van der Waals surface area contributed by atoms with Crippen LogP contribution in [0.4, 0.5) is 11.4 Å². The second-order valence-electron chi connectivity index (χ2n) is 5.50. The molecule has 124 valence electrons. The Morgan fingerprint density at radius 3 is 2.58 bits per heavy atom. The number of benzene rings is 2. The number of nitrogens with one attached hydrogen (secondary N) is 1. The maximum absolute atomic E-state index is 12.5. The average Bonchev–Trinajstić information content (AvgIpc) is 2.94. The van der Waals surface area contributed by atoms with Gasteiger partial charge >= 0.3 is 0 Å². The van der Waals surface area contributed by atoms with Crippen molar-refractivity contribution in [1.82, 2.24) is 0 Å². The minimum atomic E-state index is -0.434. The second-order valence-corrected chi connectivity index (χ2v) is 7.25. The van der Waals surface area contributed by atoms with Gasteiger partial charge in [-0.05, 0) is 42.5 Å². The molecular weight excluding hydrogens is 415 g/mol. The Morgan fingerprint density at radius 2 is 1.88 bits per heavy atom. The van der Waals surface area contributed by atoms with Gasteiger partial charge in [-0.3, -0.25) is 9.59 Å². The van der Waals surface area contributed by atoms with Crippen LogP contribution in [0.2, 0.25) is 10.0 Å². The molecule has 4 nitrogen and oxygen atoms in total. The minimum Gasteiger partial charge on any atom is -0.324 e. The van der Waals surface area contributed by atoms with Crippen molar-refractivity contribution in [2.24, 2.45) is 5.92 Å². The number of halogens is 3. The van der Waals surface area contributed by atoms with Crippen LogP contribution in [0.5, 0.6) is 0 Å². The molecule has 0 saturated carbocycles. The van der Waals surface area contributed by atoms with Crippen LogP contribution < -0.4 is 10.2 Å². The Kier molecular flexibility index (Phi) is 5.13. The van der Waals surface area contributed by atoms with Crippen molar-refractivity contribution in [2.45, 2.75) is 6.42 Å². The van der Waals surface area contributed by atoms with Gasteiger partial charge in [0.05, 0.1) is 16.6 Å². The normalized spacial score (nSPS) is 17.2. The zero-order chi connectivity index (χ0) is 17.3. The van der Waals surface area contributed by atoms with Crippen LogP contribution in [0.15, 0.2) is 46.9 Å². The van der Waals surface area contributed by atoms with Crippen LogP contribution >= 0.6 is 39.1 Å². The molecule has 0 spiro atoms. The Morgan fingerprint density at radius 1 is 1.17 bits per heavy atom. The van der Waals surface area contributed by atoms with E-state index in [1.54, 1.807) is 23.1 Å². The minimum absolute atomic E-state index is 0.0744. The third kappa shape index (κ3) is 3.74. The second kappa shape index (κ2) is 7.13. The van der Waals surface area contributed by atoms with Crippen molar-refractivity contribution in [1.29, 1.82) is 0 Å². The monoisotopic (exact) mass is 426 g/mol. The highest BCUT2D eigenvalue weighted by Crippen LogP contribution is 2.29. The molecule has 0 unspecified atom stereocenters. The molecule has 0 radical (unpaired) electrons. The zero-order valence-corrected chi connectivity index (χ0v) is 15.5. The summed E-state index contributed by atoms with van der Waals surface area (Å²) in [7, 11) is 0. The summed E-state index contributed by atoms with van der Waals surface area (Å²) in [5.74, 6) is -0.752. The summed E-state index contributed by atoms with van der Waals surface area (Å²) < 4.78 is 0.933. The smallest absolute Gasteiger partial charge is 0.229 e. The molecule has 1 N–H and O–H groups in total. The van der Waals surface area contributed by atoms with Crippen LogP contribution in [-0.4, -0.2) is 18.4 Å². The Hall–Kier alpha value is -1.56. The summed E-state index contributed by atoms with van der Waals surface area (Å²) in [5, 5.41) is 3.64. The standard InChI is InChI=1S/C17H13BrCl2N2O2/c18-11-1-4-13(5-2-11)22-9-10(7-16(22)23)17(24)21-15-8-12(19)3-6-14(15)20/h1-6,8,10H,7,9H2,(H,21,24)/t10-/m1/s1. The first-order valence-electron chi connectivity index (χ1n) is 7.26. The number of hydrogen-bond acceptors (Lipinski definition) is 2. The first-order valence-corrected chi connectivity index (χ1v) is 8.81. The maximum Gasteiger partial charge on any atom is 0.229 e. The molecule has 1 atom stereocenters. The number of hydrogen-bond donors (Lipinski definition) is 1. The number of amides is 2. The van der Waals surface area contributed by atoms with E-state index in [0.29, 0.717) is 22.3 Å². The fourth-order valence-electron chi connectivity index (χ4n) is 2.58. The van der Waals surface area contributed by atoms with Crippen LogP contribution in [0.3, 0.4) is 0 Å². The van der Waals surface area contributed by atoms with Crippen molar-refractivity contribution in [2.75, 3.05) is 16.8 Å². The van der Waals surface area contributed by atoms with E-state index >= 15 is 0 Å². The molecule has 0 bridgehead atoms. The molecule has 3 rings (SSSR count). The third-order valence-electron chi connectivity index (χ3n) is 3.82. The van der Waals surface area contributed by atoms with Gasteiger partial charge in [-0.25, -0.2) is 0 Å². The van der Waals surface area contributed by atoms with E-state index in [0.717, 1.165) is 10.2 Å². The highest BCUT2D eigenvalue weighted by Gasteiger charge is 2.35. The average molecular weight is 428 g/mol. The van der Waals surface area contributed by atoms with Crippen molar-refractivity contribution in [3.05, 3.63) is 57.0 Å². The van der Waals surface area contributed by atoms with Gasteiger partial charge in [-0.1, -0.05) is 39.1 Å². The number of nitrogens with zero attached hydrogens (tertiary/aromatic N) is 1. The van der Waals surface area contributed by atoms with Gasteiger partial charge in [-0.15, -0.1) is 0 Å². The lowest BCUT2D eigenvalue weighted by Crippen LogP contribution is -2.28. The van der Waals surface area contributed by atoms with Crippen molar-refractivity contribution in [3.63, 3.8) is 0 Å². The molecule has 1 saturated heterocycles. The quantitative estimate of drug-likeness (QED) is 0.768. The highest BCUT2D eigenvalue weighted by molar-refractivity contribution is 9.10. The number of rotatable bonds is 3. The van der Waals surface area contributed by atoms with Crippen molar-refractivity contribution >= 4 is 62.3 Å². The molecule has 2 amide bonds. The Labute approximate surface area is 157 Å². The van der Waals surface area contributed by atoms with Crippen molar-refractivity contribution < 1.29 is 9.59 Å². The maximum atomic E-state index is 12.5.